The molecule has 0 aliphatic rings. The van der Waals surface area contributed by atoms with Gasteiger partial charge in [-0.25, -0.2) is 15.0 Å². The van der Waals surface area contributed by atoms with Crippen LogP contribution in [0.1, 0.15) is 0 Å². The summed E-state index contributed by atoms with van der Waals surface area (Å²) < 4.78 is 10.9. The number of terminal acetylenes is 1. The molecule has 1 N–H and O–H groups in total. The first-order valence-corrected chi connectivity index (χ1v) is 9.06. The Labute approximate surface area is 166 Å². The maximum atomic E-state index is 5.50. The molecular weight excluding hydrogens is 364 g/mol. The number of para-hydroxylation sites is 2. The number of aromatic amines is 1. The Kier molecular flexibility index (Phi) is 3.99. The Morgan fingerprint density at radius 1 is 0.862 bits per heavy atom. The van der Waals surface area contributed by atoms with Crippen molar-refractivity contribution in [3.05, 3.63) is 54.6 Å². The van der Waals surface area contributed by atoms with Crippen molar-refractivity contribution in [3.8, 4) is 35.2 Å². The third kappa shape index (κ3) is 2.99. The Morgan fingerprint density at radius 3 is 2.52 bits per heavy atom. The molecular formula is C23H16N4O2. The fraction of sp³-hybridized carbons (Fsp3) is 0.0870. The Hall–Kier alpha value is -4.11. The zero-order valence-corrected chi connectivity index (χ0v) is 15.6. The van der Waals surface area contributed by atoms with E-state index < -0.39 is 0 Å². The van der Waals surface area contributed by atoms with E-state index in [4.69, 9.17) is 25.9 Å². The third-order valence-corrected chi connectivity index (χ3v) is 4.69. The number of rotatable bonds is 4. The first-order chi connectivity index (χ1) is 14.2. The van der Waals surface area contributed by atoms with Gasteiger partial charge in [-0.2, -0.15) is 0 Å². The minimum atomic E-state index is 0.177. The van der Waals surface area contributed by atoms with Gasteiger partial charge in [0.25, 0.3) is 0 Å². The van der Waals surface area contributed by atoms with Gasteiger partial charge in [-0.3, -0.25) is 0 Å². The largest absolute Gasteiger partial charge is 0.493 e. The molecule has 0 amide bonds. The van der Waals surface area contributed by atoms with Crippen LogP contribution in [0.5, 0.6) is 11.5 Å². The number of imidazole rings is 1. The lowest BCUT2D eigenvalue weighted by atomic mass is 10.2. The number of fused-ring (bicyclic) bond motifs is 3. The molecule has 0 aliphatic heterocycles. The van der Waals surface area contributed by atoms with Crippen LogP contribution in [0.15, 0.2) is 54.6 Å². The highest BCUT2D eigenvalue weighted by molar-refractivity contribution is 5.95. The van der Waals surface area contributed by atoms with Crippen LogP contribution in [0, 0.1) is 12.3 Å². The minimum Gasteiger partial charge on any atom is -0.493 e. The van der Waals surface area contributed by atoms with E-state index in [1.165, 1.54) is 0 Å². The number of aromatic nitrogens is 4. The number of nitrogens with one attached hydrogen (secondary N) is 1. The van der Waals surface area contributed by atoms with E-state index >= 15 is 0 Å². The monoisotopic (exact) mass is 380 g/mol. The van der Waals surface area contributed by atoms with Gasteiger partial charge in [0.1, 0.15) is 6.61 Å². The molecule has 0 spiro atoms. The Balaban J connectivity index is 1.61. The first-order valence-electron chi connectivity index (χ1n) is 9.06. The fourth-order valence-corrected chi connectivity index (χ4v) is 3.32. The van der Waals surface area contributed by atoms with Crippen molar-refractivity contribution in [1.82, 2.24) is 19.9 Å². The second-order valence-corrected chi connectivity index (χ2v) is 6.52. The van der Waals surface area contributed by atoms with E-state index in [2.05, 4.69) is 15.9 Å². The summed E-state index contributed by atoms with van der Waals surface area (Å²) in [4.78, 5) is 17.5. The van der Waals surface area contributed by atoms with E-state index in [9.17, 15) is 0 Å². The van der Waals surface area contributed by atoms with Crippen LogP contribution in [-0.4, -0.2) is 33.7 Å². The van der Waals surface area contributed by atoms with Gasteiger partial charge in [0.2, 0.25) is 0 Å². The van der Waals surface area contributed by atoms with Crippen LogP contribution in [0.2, 0.25) is 0 Å². The average molecular weight is 380 g/mol. The molecule has 0 bridgehead atoms. The van der Waals surface area contributed by atoms with Crippen molar-refractivity contribution in [1.29, 1.82) is 0 Å². The first kappa shape index (κ1) is 17.0. The zero-order valence-electron chi connectivity index (χ0n) is 15.6. The Morgan fingerprint density at radius 2 is 1.69 bits per heavy atom. The molecule has 6 nitrogen and oxygen atoms in total. The number of hydrogen-bond acceptors (Lipinski definition) is 5. The van der Waals surface area contributed by atoms with E-state index in [1.807, 2.05) is 54.6 Å². The van der Waals surface area contributed by atoms with Crippen LogP contribution in [0.25, 0.3) is 44.5 Å². The molecule has 0 aliphatic carbocycles. The number of ether oxygens (including phenoxy) is 2. The average Bonchev–Trinajstić information content (AvgIpc) is 3.17. The molecule has 0 fully saturated rings. The molecule has 0 saturated carbocycles. The van der Waals surface area contributed by atoms with Gasteiger partial charge in [0.15, 0.2) is 17.3 Å². The van der Waals surface area contributed by atoms with E-state index in [-0.39, 0.29) is 6.61 Å². The summed E-state index contributed by atoms with van der Waals surface area (Å²) >= 11 is 0. The molecule has 29 heavy (non-hydrogen) atoms. The van der Waals surface area contributed by atoms with Crippen LogP contribution in [-0.2, 0) is 0 Å². The SMILES string of the molecule is C#CCOc1ccc(-c2nc3cc4nc5ccccc5[nH]c4cc3n2)cc1OC. The summed E-state index contributed by atoms with van der Waals surface area (Å²) in [6.07, 6.45) is 5.26. The van der Waals surface area contributed by atoms with E-state index in [1.54, 1.807) is 7.11 Å². The molecule has 0 saturated heterocycles. The molecule has 5 rings (SSSR count). The van der Waals surface area contributed by atoms with Crippen LogP contribution < -0.4 is 9.47 Å². The quantitative estimate of drug-likeness (QED) is 0.371. The third-order valence-electron chi connectivity index (χ3n) is 4.69. The van der Waals surface area contributed by atoms with Crippen molar-refractivity contribution in [2.75, 3.05) is 13.7 Å². The number of hydrogen-bond donors (Lipinski definition) is 1. The molecule has 2 aromatic heterocycles. The van der Waals surface area contributed by atoms with Crippen LogP contribution >= 0.6 is 0 Å². The summed E-state index contributed by atoms with van der Waals surface area (Å²) in [6.45, 7) is 0.177. The lowest BCUT2D eigenvalue weighted by Gasteiger charge is -2.09. The highest BCUT2D eigenvalue weighted by Crippen LogP contribution is 2.32. The molecule has 0 atom stereocenters. The van der Waals surface area contributed by atoms with Crippen molar-refractivity contribution in [2.45, 2.75) is 0 Å². The van der Waals surface area contributed by atoms with E-state index in [0.29, 0.717) is 17.3 Å². The van der Waals surface area contributed by atoms with Crippen LogP contribution in [0.3, 0.4) is 0 Å². The summed E-state index contributed by atoms with van der Waals surface area (Å²) in [7, 11) is 1.59. The van der Waals surface area contributed by atoms with Crippen molar-refractivity contribution < 1.29 is 9.47 Å². The van der Waals surface area contributed by atoms with Crippen molar-refractivity contribution >= 4 is 33.1 Å². The van der Waals surface area contributed by atoms with Gasteiger partial charge < -0.3 is 14.5 Å². The number of benzene rings is 3. The van der Waals surface area contributed by atoms with Gasteiger partial charge in [-0.05, 0) is 42.5 Å². The summed E-state index contributed by atoms with van der Waals surface area (Å²) in [5, 5.41) is 0. The maximum absolute atomic E-state index is 5.50. The molecule has 0 unspecified atom stereocenters. The lowest BCUT2D eigenvalue weighted by Crippen LogP contribution is -1.97. The topological polar surface area (TPSA) is 72.9 Å². The maximum Gasteiger partial charge on any atom is 0.162 e. The van der Waals surface area contributed by atoms with Gasteiger partial charge in [-0.1, -0.05) is 18.1 Å². The molecule has 5 aromatic rings. The smallest absolute Gasteiger partial charge is 0.162 e. The highest BCUT2D eigenvalue weighted by Gasteiger charge is 2.13. The normalized spacial score (nSPS) is 11.0. The predicted molar refractivity (Wildman–Crippen MR) is 113 cm³/mol. The van der Waals surface area contributed by atoms with Crippen LogP contribution in [0.4, 0.5) is 0 Å². The Bertz CT molecular complexity index is 1340. The molecule has 0 radical (unpaired) electrons. The molecule has 2 heterocycles. The van der Waals surface area contributed by atoms with E-state index in [0.717, 1.165) is 38.7 Å². The lowest BCUT2D eigenvalue weighted by molar-refractivity contribution is 0.331. The fourth-order valence-electron chi connectivity index (χ4n) is 3.32. The number of methoxy groups -OCH3 is 1. The molecule has 6 heteroatoms. The standard InChI is InChI=1S/C23H16N4O2/c1-3-10-29-21-9-8-14(11-22(21)28-2)23-26-19-12-17-18(13-20(19)27-23)25-16-7-5-4-6-15(16)24-17/h1,4-9,11-13,24H,10H2,2H3. The second kappa shape index (κ2) is 6.80. The number of H-pyrrole nitrogens is 1. The van der Waals surface area contributed by atoms with Gasteiger partial charge in [0.05, 0.1) is 40.2 Å². The minimum absolute atomic E-state index is 0.177. The van der Waals surface area contributed by atoms with Gasteiger partial charge in [0, 0.05) is 5.56 Å². The van der Waals surface area contributed by atoms with Crippen molar-refractivity contribution in [2.24, 2.45) is 0 Å². The van der Waals surface area contributed by atoms with Gasteiger partial charge >= 0.3 is 0 Å². The second-order valence-electron chi connectivity index (χ2n) is 6.52. The summed E-state index contributed by atoms with van der Waals surface area (Å²) in [6, 6.07) is 17.4. The zero-order chi connectivity index (χ0) is 19.8. The molecule has 140 valence electrons. The predicted octanol–water partition coefficient (Wildman–Crippen LogP) is 4.35. The van der Waals surface area contributed by atoms with Crippen molar-refractivity contribution in [3.63, 3.8) is 0 Å². The number of nitrogens with zero attached hydrogens (tertiary/aromatic N) is 3. The summed E-state index contributed by atoms with van der Waals surface area (Å²) in [5.41, 5.74) is 6.06. The van der Waals surface area contributed by atoms with Gasteiger partial charge in [-0.15, -0.1) is 6.42 Å². The highest BCUT2D eigenvalue weighted by atomic mass is 16.5. The molecule has 3 aromatic carbocycles. The summed E-state index contributed by atoms with van der Waals surface area (Å²) in [5.74, 6) is 4.23.